The zero-order valence-corrected chi connectivity index (χ0v) is 11.8. The average molecular weight is 302 g/mol. The summed E-state index contributed by atoms with van der Waals surface area (Å²) in [6.45, 7) is -0.322. The number of carbonyl (C=O) groups is 2. The highest BCUT2D eigenvalue weighted by molar-refractivity contribution is 5.88. The molecule has 0 bridgehead atoms. The maximum Gasteiger partial charge on any atom is 0.349 e. The van der Waals surface area contributed by atoms with Crippen LogP contribution in [-0.4, -0.2) is 30.8 Å². The fraction of sp³-hybridized carbons (Fsp3) is 0.125. The largest absolute Gasteiger partial charge is 0.493 e. The molecule has 0 atom stereocenters. The Kier molecular flexibility index (Phi) is 4.98. The number of benzene rings is 2. The van der Waals surface area contributed by atoms with Crippen LogP contribution in [0.15, 0.2) is 48.5 Å². The van der Waals surface area contributed by atoms with Crippen LogP contribution >= 0.6 is 0 Å². The number of rotatable bonds is 6. The topological polar surface area (TPSA) is 82.1 Å². The second-order valence-electron chi connectivity index (χ2n) is 4.25. The maximum absolute atomic E-state index is 11.7. The minimum absolute atomic E-state index is 0.0379. The first-order chi connectivity index (χ1) is 10.6. The number of aromatic carboxylic acids is 1. The number of carbonyl (C=O) groups excluding carboxylic acids is 1. The molecule has 6 heteroatoms. The number of hydrogen-bond acceptors (Lipinski definition) is 5. The smallest absolute Gasteiger partial charge is 0.349 e. The molecule has 1 N–H and O–H groups in total. The normalized spacial score (nSPS) is 9.86. The van der Waals surface area contributed by atoms with Gasteiger partial charge in [-0.25, -0.2) is 9.59 Å². The van der Waals surface area contributed by atoms with E-state index in [2.05, 4.69) is 0 Å². The fourth-order valence-electron chi connectivity index (χ4n) is 1.73. The molecule has 0 heterocycles. The van der Waals surface area contributed by atoms with E-state index in [0.29, 0.717) is 11.5 Å². The number of carboxylic acids is 1. The summed E-state index contributed by atoms with van der Waals surface area (Å²) in [5.41, 5.74) is 0.0379. The summed E-state index contributed by atoms with van der Waals surface area (Å²) >= 11 is 0. The molecule has 0 spiro atoms. The Morgan fingerprint density at radius 1 is 1.05 bits per heavy atom. The predicted molar refractivity (Wildman–Crippen MR) is 77.5 cm³/mol. The number of para-hydroxylation sites is 2. The molecular weight excluding hydrogens is 288 g/mol. The summed E-state index contributed by atoms with van der Waals surface area (Å²) in [6, 6.07) is 12.6. The van der Waals surface area contributed by atoms with Gasteiger partial charge in [0.1, 0.15) is 5.75 Å². The molecule has 0 aliphatic carbocycles. The summed E-state index contributed by atoms with van der Waals surface area (Å²) in [6.07, 6.45) is 0. The molecule has 0 saturated carbocycles. The van der Waals surface area contributed by atoms with Gasteiger partial charge in [0.25, 0.3) is 0 Å². The molecule has 0 saturated heterocycles. The minimum atomic E-state index is -1.09. The SMILES string of the molecule is COc1ccccc1OCC(=O)Oc1cccc(C(=O)O)c1. The lowest BCUT2D eigenvalue weighted by molar-refractivity contribution is -0.136. The molecule has 2 rings (SSSR count). The van der Waals surface area contributed by atoms with Gasteiger partial charge >= 0.3 is 11.9 Å². The Labute approximate surface area is 126 Å². The van der Waals surface area contributed by atoms with E-state index in [0.717, 1.165) is 0 Å². The van der Waals surface area contributed by atoms with E-state index in [1.54, 1.807) is 24.3 Å². The first-order valence-corrected chi connectivity index (χ1v) is 6.40. The third-order valence-corrected chi connectivity index (χ3v) is 2.73. The number of carboxylic acid groups (broad SMARTS) is 1. The molecule has 0 aliphatic rings. The molecule has 0 fully saturated rings. The van der Waals surface area contributed by atoms with Gasteiger partial charge in [-0.15, -0.1) is 0 Å². The molecule has 0 radical (unpaired) electrons. The van der Waals surface area contributed by atoms with Crippen molar-refractivity contribution in [3.63, 3.8) is 0 Å². The van der Waals surface area contributed by atoms with Crippen molar-refractivity contribution in [1.29, 1.82) is 0 Å². The lowest BCUT2D eigenvalue weighted by Gasteiger charge is -2.10. The van der Waals surface area contributed by atoms with Crippen LogP contribution in [0.25, 0.3) is 0 Å². The van der Waals surface area contributed by atoms with E-state index in [1.165, 1.54) is 31.4 Å². The Morgan fingerprint density at radius 2 is 1.77 bits per heavy atom. The van der Waals surface area contributed by atoms with Gasteiger partial charge in [-0.05, 0) is 30.3 Å². The Hall–Kier alpha value is -3.02. The first-order valence-electron chi connectivity index (χ1n) is 6.40. The number of esters is 1. The zero-order valence-electron chi connectivity index (χ0n) is 11.8. The molecule has 2 aromatic carbocycles. The zero-order chi connectivity index (χ0) is 15.9. The van der Waals surface area contributed by atoms with E-state index in [9.17, 15) is 9.59 Å². The van der Waals surface area contributed by atoms with Gasteiger partial charge in [0.05, 0.1) is 12.7 Å². The van der Waals surface area contributed by atoms with Crippen molar-refractivity contribution in [3.05, 3.63) is 54.1 Å². The Balaban J connectivity index is 1.96. The Bertz CT molecular complexity index is 680. The van der Waals surface area contributed by atoms with Crippen LogP contribution in [0, 0.1) is 0 Å². The van der Waals surface area contributed by atoms with Crippen molar-refractivity contribution < 1.29 is 28.9 Å². The van der Waals surface area contributed by atoms with Gasteiger partial charge in [0.15, 0.2) is 18.1 Å². The highest BCUT2D eigenvalue weighted by atomic mass is 16.6. The summed E-state index contributed by atoms with van der Waals surface area (Å²) in [5, 5.41) is 8.87. The minimum Gasteiger partial charge on any atom is -0.493 e. The number of methoxy groups -OCH3 is 1. The maximum atomic E-state index is 11.7. The molecule has 22 heavy (non-hydrogen) atoms. The van der Waals surface area contributed by atoms with Crippen LogP contribution in [0.1, 0.15) is 10.4 Å². The van der Waals surface area contributed by atoms with Gasteiger partial charge in [0, 0.05) is 0 Å². The van der Waals surface area contributed by atoms with Crippen LogP contribution in [0.4, 0.5) is 0 Å². The molecule has 0 unspecified atom stereocenters. The molecule has 0 amide bonds. The van der Waals surface area contributed by atoms with Crippen LogP contribution in [0.3, 0.4) is 0 Å². The van der Waals surface area contributed by atoms with E-state index in [1.807, 2.05) is 0 Å². The van der Waals surface area contributed by atoms with Crippen molar-refractivity contribution in [3.8, 4) is 17.2 Å². The Morgan fingerprint density at radius 3 is 2.45 bits per heavy atom. The summed E-state index contributed by atoms with van der Waals surface area (Å²) < 4.78 is 15.5. The van der Waals surface area contributed by atoms with Gasteiger partial charge in [0.2, 0.25) is 0 Å². The highest BCUT2D eigenvalue weighted by Gasteiger charge is 2.10. The quantitative estimate of drug-likeness (QED) is 0.651. The second-order valence-corrected chi connectivity index (χ2v) is 4.25. The van der Waals surface area contributed by atoms with Gasteiger partial charge in [-0.1, -0.05) is 18.2 Å². The molecular formula is C16H14O6. The van der Waals surface area contributed by atoms with Gasteiger partial charge in [-0.3, -0.25) is 0 Å². The highest BCUT2D eigenvalue weighted by Crippen LogP contribution is 2.25. The molecule has 0 aliphatic heterocycles. The van der Waals surface area contributed by atoms with E-state index < -0.39 is 11.9 Å². The van der Waals surface area contributed by atoms with E-state index in [4.69, 9.17) is 19.3 Å². The summed E-state index contributed by atoms with van der Waals surface area (Å²) in [5.74, 6) is -0.672. The summed E-state index contributed by atoms with van der Waals surface area (Å²) in [7, 11) is 1.50. The van der Waals surface area contributed by atoms with Crippen molar-refractivity contribution in [2.75, 3.05) is 13.7 Å². The van der Waals surface area contributed by atoms with Crippen molar-refractivity contribution >= 4 is 11.9 Å². The van der Waals surface area contributed by atoms with Crippen molar-refractivity contribution in [2.24, 2.45) is 0 Å². The van der Waals surface area contributed by atoms with E-state index in [-0.39, 0.29) is 17.9 Å². The fourth-order valence-corrected chi connectivity index (χ4v) is 1.73. The lowest BCUT2D eigenvalue weighted by atomic mass is 10.2. The number of hydrogen-bond donors (Lipinski definition) is 1. The third kappa shape index (κ3) is 3.99. The van der Waals surface area contributed by atoms with Crippen LogP contribution in [-0.2, 0) is 4.79 Å². The molecule has 6 nitrogen and oxygen atoms in total. The van der Waals surface area contributed by atoms with Crippen molar-refractivity contribution in [1.82, 2.24) is 0 Å². The third-order valence-electron chi connectivity index (χ3n) is 2.73. The lowest BCUT2D eigenvalue weighted by Crippen LogP contribution is -2.18. The average Bonchev–Trinajstić information content (AvgIpc) is 2.53. The standard InChI is InChI=1S/C16H14O6/c1-20-13-7-2-3-8-14(13)21-10-15(17)22-12-6-4-5-11(9-12)16(18)19/h2-9H,10H2,1H3,(H,18,19). The van der Waals surface area contributed by atoms with Gasteiger partial charge in [-0.2, -0.15) is 0 Å². The van der Waals surface area contributed by atoms with Gasteiger partial charge < -0.3 is 19.3 Å². The van der Waals surface area contributed by atoms with Crippen LogP contribution < -0.4 is 14.2 Å². The summed E-state index contributed by atoms with van der Waals surface area (Å²) in [4.78, 5) is 22.6. The molecule has 0 aromatic heterocycles. The molecule has 2 aromatic rings. The monoisotopic (exact) mass is 302 g/mol. The van der Waals surface area contributed by atoms with Crippen molar-refractivity contribution in [2.45, 2.75) is 0 Å². The molecule has 114 valence electrons. The second kappa shape index (κ2) is 7.12. The predicted octanol–water partition coefficient (Wildman–Crippen LogP) is 2.38. The van der Waals surface area contributed by atoms with Crippen LogP contribution in [0.2, 0.25) is 0 Å². The van der Waals surface area contributed by atoms with Crippen LogP contribution in [0.5, 0.6) is 17.2 Å². The number of ether oxygens (including phenoxy) is 3. The first kappa shape index (κ1) is 15.4. The van der Waals surface area contributed by atoms with E-state index >= 15 is 0 Å².